The highest BCUT2D eigenvalue weighted by Gasteiger charge is 2.37. The zero-order valence-electron chi connectivity index (χ0n) is 15.8. The lowest BCUT2D eigenvalue weighted by Gasteiger charge is -2.46. The number of rotatable bonds is 3. The quantitative estimate of drug-likeness (QED) is 0.756. The molecule has 1 amide bonds. The van der Waals surface area contributed by atoms with Gasteiger partial charge in [0.1, 0.15) is 6.33 Å². The van der Waals surface area contributed by atoms with Crippen molar-refractivity contribution in [2.24, 2.45) is 0 Å². The van der Waals surface area contributed by atoms with Crippen LogP contribution in [0.3, 0.4) is 0 Å². The monoisotopic (exact) mass is 377 g/mol. The van der Waals surface area contributed by atoms with Crippen molar-refractivity contribution in [3.63, 3.8) is 0 Å². The summed E-state index contributed by atoms with van der Waals surface area (Å²) in [7, 11) is 2.16. The van der Waals surface area contributed by atoms with Gasteiger partial charge >= 0.3 is 0 Å². The van der Waals surface area contributed by atoms with E-state index in [2.05, 4.69) is 27.2 Å². The van der Waals surface area contributed by atoms with Crippen LogP contribution in [-0.4, -0.2) is 63.7 Å². The highest BCUT2D eigenvalue weighted by Crippen LogP contribution is 2.28. The van der Waals surface area contributed by atoms with E-state index >= 15 is 0 Å². The number of hydrogen-bond donors (Lipinski definition) is 1. The summed E-state index contributed by atoms with van der Waals surface area (Å²) in [6.45, 7) is 1.49. The third kappa shape index (κ3) is 2.96. The van der Waals surface area contributed by atoms with E-state index in [-0.39, 0.29) is 11.9 Å². The highest BCUT2D eigenvalue weighted by atomic mass is 16.5. The Morgan fingerprint density at radius 2 is 1.86 bits per heavy atom. The first-order valence-corrected chi connectivity index (χ1v) is 9.66. The summed E-state index contributed by atoms with van der Waals surface area (Å²) in [6, 6.07) is 8.86. The highest BCUT2D eigenvalue weighted by molar-refractivity contribution is 6.07. The number of nitrogens with one attached hydrogen (secondary N) is 1. The number of hydrogen-bond acceptors (Lipinski definition) is 5. The van der Waals surface area contributed by atoms with Gasteiger partial charge in [0, 0.05) is 29.7 Å². The molecule has 2 saturated heterocycles. The summed E-state index contributed by atoms with van der Waals surface area (Å²) in [5.41, 5.74) is 2.49. The fourth-order valence-corrected chi connectivity index (χ4v) is 4.47. The Hall–Kier alpha value is -2.77. The predicted octanol–water partition coefficient (Wildman–Crippen LogP) is 2.01. The SMILES string of the molecule is CN1[C@@H]2COC[C@H]1CC(NC(=O)c1cn(-c3cncnc3)c3ccccc13)C2. The van der Waals surface area contributed by atoms with Crippen LogP contribution in [0.25, 0.3) is 16.6 Å². The van der Waals surface area contributed by atoms with Crippen LogP contribution in [0.5, 0.6) is 0 Å². The Morgan fingerprint density at radius 1 is 1.14 bits per heavy atom. The number of nitrogens with zero attached hydrogens (tertiary/aromatic N) is 4. The summed E-state index contributed by atoms with van der Waals surface area (Å²) in [5, 5.41) is 4.21. The van der Waals surface area contributed by atoms with Gasteiger partial charge in [-0.15, -0.1) is 0 Å². The van der Waals surface area contributed by atoms with Crippen molar-refractivity contribution in [2.75, 3.05) is 20.3 Å². The molecule has 7 nitrogen and oxygen atoms in total. The molecule has 28 heavy (non-hydrogen) atoms. The number of carbonyl (C=O) groups is 1. The molecule has 3 atom stereocenters. The molecule has 1 unspecified atom stereocenters. The number of piperidine rings is 1. The van der Waals surface area contributed by atoms with Crippen molar-refractivity contribution in [1.82, 2.24) is 24.8 Å². The standard InChI is InChI=1S/C21H23N5O2/c1-25-15-6-14(7-16(25)12-28-11-15)24-21(27)19-10-26(17-8-22-13-23-9-17)20-5-3-2-4-18(19)20/h2-5,8-10,13-16H,6-7,11-12H2,1H3,(H,24,27)/t14?,15-,16+. The average molecular weight is 377 g/mol. The maximum atomic E-state index is 13.2. The van der Waals surface area contributed by atoms with Crippen LogP contribution in [0, 0.1) is 0 Å². The average Bonchev–Trinajstić information content (AvgIpc) is 3.09. The molecular weight excluding hydrogens is 354 g/mol. The van der Waals surface area contributed by atoms with Crippen molar-refractivity contribution in [3.8, 4) is 5.69 Å². The van der Waals surface area contributed by atoms with E-state index in [1.165, 1.54) is 6.33 Å². The van der Waals surface area contributed by atoms with Gasteiger partial charge < -0.3 is 14.6 Å². The van der Waals surface area contributed by atoms with E-state index in [4.69, 9.17) is 4.74 Å². The minimum Gasteiger partial charge on any atom is -0.378 e. The summed E-state index contributed by atoms with van der Waals surface area (Å²) in [5.74, 6) is -0.0275. The Morgan fingerprint density at radius 3 is 2.61 bits per heavy atom. The van der Waals surface area contributed by atoms with Gasteiger partial charge in [0.2, 0.25) is 0 Å². The molecule has 144 valence electrons. The van der Waals surface area contributed by atoms with Crippen molar-refractivity contribution >= 4 is 16.8 Å². The largest absolute Gasteiger partial charge is 0.378 e. The van der Waals surface area contributed by atoms with Gasteiger partial charge in [-0.1, -0.05) is 18.2 Å². The van der Waals surface area contributed by atoms with Crippen molar-refractivity contribution in [2.45, 2.75) is 31.0 Å². The number of carbonyl (C=O) groups excluding carboxylic acids is 1. The Balaban J connectivity index is 1.44. The number of aromatic nitrogens is 3. The number of likely N-dealkylation sites (N-methyl/N-ethyl adjacent to an activating group) is 1. The van der Waals surface area contributed by atoms with Gasteiger partial charge in [-0.25, -0.2) is 9.97 Å². The molecule has 7 heteroatoms. The van der Waals surface area contributed by atoms with Crippen molar-refractivity contribution in [1.29, 1.82) is 0 Å². The summed E-state index contributed by atoms with van der Waals surface area (Å²) >= 11 is 0. The summed E-state index contributed by atoms with van der Waals surface area (Å²) in [4.78, 5) is 23.8. The Labute approximate surface area is 163 Å². The lowest BCUT2D eigenvalue weighted by Crippen LogP contribution is -2.59. The van der Waals surface area contributed by atoms with E-state index < -0.39 is 0 Å². The third-order valence-electron chi connectivity index (χ3n) is 6.00. The number of benzene rings is 1. The first-order valence-electron chi connectivity index (χ1n) is 9.66. The van der Waals surface area contributed by atoms with E-state index in [0.717, 1.165) is 42.6 Å². The van der Waals surface area contributed by atoms with Crippen molar-refractivity contribution < 1.29 is 9.53 Å². The van der Waals surface area contributed by atoms with Gasteiger partial charge in [-0.05, 0) is 26.0 Å². The van der Waals surface area contributed by atoms with Crippen LogP contribution >= 0.6 is 0 Å². The molecule has 2 aliphatic rings. The molecular formula is C21H23N5O2. The Bertz CT molecular complexity index is 988. The fourth-order valence-electron chi connectivity index (χ4n) is 4.47. The minimum atomic E-state index is -0.0275. The maximum Gasteiger partial charge on any atom is 0.253 e. The lowest BCUT2D eigenvalue weighted by atomic mass is 9.90. The number of morpholine rings is 1. The van der Waals surface area contributed by atoms with Crippen LogP contribution in [0.2, 0.25) is 0 Å². The molecule has 0 radical (unpaired) electrons. The maximum absolute atomic E-state index is 13.2. The normalized spacial score (nSPS) is 25.0. The van der Waals surface area contributed by atoms with Gasteiger partial charge in [-0.2, -0.15) is 0 Å². The molecule has 5 rings (SSSR count). The van der Waals surface area contributed by atoms with Crippen LogP contribution in [-0.2, 0) is 4.74 Å². The van der Waals surface area contributed by atoms with E-state index in [0.29, 0.717) is 17.6 Å². The van der Waals surface area contributed by atoms with E-state index in [1.54, 1.807) is 12.4 Å². The molecule has 2 aliphatic heterocycles. The van der Waals surface area contributed by atoms with Crippen LogP contribution in [0.1, 0.15) is 23.2 Å². The van der Waals surface area contributed by atoms with Crippen molar-refractivity contribution in [3.05, 3.63) is 54.7 Å². The lowest BCUT2D eigenvalue weighted by molar-refractivity contribution is -0.0670. The van der Waals surface area contributed by atoms with Gasteiger partial charge in [-0.3, -0.25) is 9.69 Å². The van der Waals surface area contributed by atoms with Crippen LogP contribution in [0.4, 0.5) is 0 Å². The zero-order chi connectivity index (χ0) is 19.1. The third-order valence-corrected chi connectivity index (χ3v) is 6.00. The molecule has 0 saturated carbocycles. The molecule has 0 aliphatic carbocycles. The first kappa shape index (κ1) is 17.3. The minimum absolute atomic E-state index is 0.0275. The number of ether oxygens (including phenoxy) is 1. The number of amides is 1. The molecule has 2 bridgehead atoms. The van der Waals surface area contributed by atoms with E-state index in [1.807, 2.05) is 35.0 Å². The zero-order valence-corrected chi connectivity index (χ0v) is 15.8. The van der Waals surface area contributed by atoms with Gasteiger partial charge in [0.15, 0.2) is 0 Å². The summed E-state index contributed by atoms with van der Waals surface area (Å²) in [6.07, 6.45) is 8.73. The molecule has 2 fully saturated rings. The molecule has 0 spiro atoms. The molecule has 3 aromatic rings. The molecule has 2 aromatic heterocycles. The predicted molar refractivity (Wildman–Crippen MR) is 106 cm³/mol. The second-order valence-corrected chi connectivity index (χ2v) is 7.68. The topological polar surface area (TPSA) is 72.3 Å². The number of fused-ring (bicyclic) bond motifs is 3. The van der Waals surface area contributed by atoms with Crippen LogP contribution < -0.4 is 5.32 Å². The first-order chi connectivity index (χ1) is 13.7. The number of para-hydroxylation sites is 1. The molecule has 1 aromatic carbocycles. The van der Waals surface area contributed by atoms with Crippen LogP contribution in [0.15, 0.2) is 49.2 Å². The van der Waals surface area contributed by atoms with E-state index in [9.17, 15) is 4.79 Å². The summed E-state index contributed by atoms with van der Waals surface area (Å²) < 4.78 is 7.66. The van der Waals surface area contributed by atoms with Gasteiger partial charge in [0.25, 0.3) is 5.91 Å². The molecule has 4 heterocycles. The van der Waals surface area contributed by atoms with Gasteiger partial charge in [0.05, 0.1) is 42.4 Å². The Kier molecular flexibility index (Phi) is 4.33. The fraction of sp³-hybridized carbons (Fsp3) is 0.381. The second-order valence-electron chi connectivity index (χ2n) is 7.68. The smallest absolute Gasteiger partial charge is 0.253 e. The molecule has 1 N–H and O–H groups in total. The second kappa shape index (κ2) is 7.00.